The van der Waals surface area contributed by atoms with Crippen molar-refractivity contribution in [3.05, 3.63) is 51.0 Å². The number of carbonyl (C=O) groups excluding carboxylic acids is 1. The van der Waals surface area contributed by atoms with Crippen molar-refractivity contribution < 1.29 is 18.0 Å². The molecule has 1 aromatic heterocycles. The number of nitrogens with two attached hydrogens (primary N) is 1. The molecule has 0 radical (unpaired) electrons. The second-order valence-electron chi connectivity index (χ2n) is 7.94. The summed E-state index contributed by atoms with van der Waals surface area (Å²) in [6, 6.07) is 3.38. The monoisotopic (exact) mass is 425 g/mol. The molecular weight excluding hydrogens is 399 g/mol. The van der Waals surface area contributed by atoms with Gasteiger partial charge in [-0.3, -0.25) is 4.79 Å². The summed E-state index contributed by atoms with van der Waals surface area (Å²) >= 11 is 1.65. The maximum atomic E-state index is 13.0. The zero-order chi connectivity index (χ0) is 21.2. The van der Waals surface area contributed by atoms with Crippen LogP contribution < -0.4 is 5.73 Å². The number of aromatic nitrogens is 1. The Bertz CT molecular complexity index is 857. The van der Waals surface area contributed by atoms with E-state index in [1.165, 1.54) is 6.07 Å². The minimum atomic E-state index is -4.49. The summed E-state index contributed by atoms with van der Waals surface area (Å²) in [5.41, 5.74) is 6.28. The van der Waals surface area contributed by atoms with Crippen LogP contribution in [0.2, 0.25) is 0 Å². The zero-order valence-electron chi connectivity index (χ0n) is 16.6. The molecule has 2 N–H and O–H groups in total. The summed E-state index contributed by atoms with van der Waals surface area (Å²) in [7, 11) is 2.09. The highest BCUT2D eigenvalue weighted by Crippen LogP contribution is 2.39. The Morgan fingerprint density at radius 1 is 1.28 bits per heavy atom. The molecule has 1 aliphatic rings. The van der Waals surface area contributed by atoms with Crippen molar-refractivity contribution in [2.24, 2.45) is 11.7 Å². The molecule has 0 aliphatic heterocycles. The summed E-state index contributed by atoms with van der Waals surface area (Å²) in [6.07, 6.45) is -0.838. The lowest BCUT2D eigenvalue weighted by molar-refractivity contribution is -0.137. The molecule has 0 atom stereocenters. The van der Waals surface area contributed by atoms with E-state index in [1.807, 2.05) is 6.92 Å². The Labute approximate surface area is 172 Å². The lowest BCUT2D eigenvalue weighted by Gasteiger charge is -2.32. The Hall–Kier alpha value is -1.93. The van der Waals surface area contributed by atoms with Gasteiger partial charge in [0, 0.05) is 24.0 Å². The van der Waals surface area contributed by atoms with Gasteiger partial charge in [-0.25, -0.2) is 4.98 Å². The Morgan fingerprint density at radius 3 is 2.52 bits per heavy atom. The molecule has 29 heavy (non-hydrogen) atoms. The zero-order valence-corrected chi connectivity index (χ0v) is 17.4. The number of benzene rings is 1. The topological polar surface area (TPSA) is 59.2 Å². The molecule has 1 heterocycles. The van der Waals surface area contributed by atoms with Gasteiger partial charge in [0.15, 0.2) is 0 Å². The summed E-state index contributed by atoms with van der Waals surface area (Å²) in [6.45, 7) is 3.77. The third-order valence-corrected chi connectivity index (χ3v) is 6.42. The quantitative estimate of drug-likeness (QED) is 0.711. The van der Waals surface area contributed by atoms with Gasteiger partial charge in [-0.1, -0.05) is 6.07 Å². The van der Waals surface area contributed by atoms with Crippen LogP contribution in [0.1, 0.15) is 63.8 Å². The van der Waals surface area contributed by atoms with Crippen molar-refractivity contribution in [3.8, 4) is 0 Å². The summed E-state index contributed by atoms with van der Waals surface area (Å²) in [5, 5.41) is 3.15. The first-order valence-corrected chi connectivity index (χ1v) is 10.6. The number of alkyl halides is 3. The fourth-order valence-electron chi connectivity index (χ4n) is 4.22. The number of primary amides is 1. The molecule has 2 aromatic rings. The number of thiazole rings is 1. The molecule has 1 saturated carbocycles. The van der Waals surface area contributed by atoms with Gasteiger partial charge in [-0.2, -0.15) is 13.2 Å². The van der Waals surface area contributed by atoms with Crippen molar-refractivity contribution >= 4 is 17.2 Å². The first-order chi connectivity index (χ1) is 13.6. The molecule has 0 saturated heterocycles. The fraction of sp³-hybridized carbons (Fsp3) is 0.524. The summed E-state index contributed by atoms with van der Waals surface area (Å²) in [4.78, 5) is 18.5. The van der Waals surface area contributed by atoms with Gasteiger partial charge in [0.25, 0.3) is 0 Å². The van der Waals surface area contributed by atoms with Gasteiger partial charge < -0.3 is 10.6 Å². The van der Waals surface area contributed by atoms with Crippen LogP contribution in [0.25, 0.3) is 0 Å². The number of amides is 1. The van der Waals surface area contributed by atoms with E-state index in [0.29, 0.717) is 11.5 Å². The van der Waals surface area contributed by atoms with Crippen LogP contribution in [0, 0.1) is 12.8 Å². The predicted octanol–water partition coefficient (Wildman–Crippen LogP) is 4.98. The molecule has 158 valence electrons. The third kappa shape index (κ3) is 5.57. The maximum absolute atomic E-state index is 13.0. The first-order valence-electron chi connectivity index (χ1n) is 9.74. The van der Waals surface area contributed by atoms with Crippen LogP contribution in [-0.2, 0) is 12.7 Å². The Morgan fingerprint density at radius 2 is 1.97 bits per heavy atom. The van der Waals surface area contributed by atoms with Crippen LogP contribution in [0.5, 0.6) is 0 Å². The summed E-state index contributed by atoms with van der Waals surface area (Å²) < 4.78 is 38.9. The first kappa shape index (κ1) is 21.8. The standard InChI is InChI=1S/C21H26F3N3OS/c1-13-26-17(12-29-13)11-27(2)10-14-3-5-15(6-4-14)18-8-7-16(21(22,23)24)9-19(18)20(25)28/h7-9,12,14-15H,3-6,10-11H2,1-2H3,(H2,25,28). The molecule has 0 bridgehead atoms. The molecular formula is C21H26F3N3OS. The van der Waals surface area contributed by atoms with Crippen LogP contribution >= 0.6 is 11.3 Å². The number of aryl methyl sites for hydroxylation is 1. The molecule has 0 unspecified atom stereocenters. The van der Waals surface area contributed by atoms with Gasteiger partial charge >= 0.3 is 6.18 Å². The average molecular weight is 426 g/mol. The van der Waals surface area contributed by atoms with Gasteiger partial charge in [-0.05, 0) is 69.2 Å². The Balaban J connectivity index is 1.60. The number of carbonyl (C=O) groups is 1. The van der Waals surface area contributed by atoms with Gasteiger partial charge in [0.05, 0.1) is 16.3 Å². The number of rotatable bonds is 6. The van der Waals surface area contributed by atoms with E-state index in [0.717, 1.165) is 61.6 Å². The second kappa shape index (κ2) is 8.83. The van der Waals surface area contributed by atoms with E-state index in [-0.39, 0.29) is 11.5 Å². The van der Waals surface area contributed by atoms with E-state index in [4.69, 9.17) is 5.73 Å². The lowest BCUT2D eigenvalue weighted by atomic mass is 9.77. The highest BCUT2D eigenvalue weighted by molar-refractivity contribution is 7.09. The van der Waals surface area contributed by atoms with Crippen LogP contribution in [0.15, 0.2) is 23.6 Å². The van der Waals surface area contributed by atoms with Gasteiger partial charge in [0.1, 0.15) is 0 Å². The Kier molecular flexibility index (Phi) is 6.63. The number of halogens is 3. The highest BCUT2D eigenvalue weighted by atomic mass is 32.1. The SMILES string of the molecule is Cc1nc(CN(C)CC2CCC(c3ccc(C(F)(F)F)cc3C(N)=O)CC2)cs1. The highest BCUT2D eigenvalue weighted by Gasteiger charge is 2.33. The molecule has 8 heteroatoms. The largest absolute Gasteiger partial charge is 0.416 e. The maximum Gasteiger partial charge on any atom is 0.416 e. The molecule has 1 aromatic carbocycles. The van der Waals surface area contributed by atoms with E-state index in [1.54, 1.807) is 11.3 Å². The van der Waals surface area contributed by atoms with E-state index in [9.17, 15) is 18.0 Å². The minimum absolute atomic E-state index is 0.000653. The van der Waals surface area contributed by atoms with Gasteiger partial charge in [0.2, 0.25) is 5.91 Å². The molecule has 1 aliphatic carbocycles. The number of hydrogen-bond acceptors (Lipinski definition) is 4. The number of hydrogen-bond donors (Lipinski definition) is 1. The van der Waals surface area contributed by atoms with Crippen LogP contribution in [-0.4, -0.2) is 29.4 Å². The van der Waals surface area contributed by atoms with Crippen molar-refractivity contribution in [1.29, 1.82) is 0 Å². The molecule has 0 spiro atoms. The van der Waals surface area contributed by atoms with E-state index in [2.05, 4.69) is 22.3 Å². The van der Waals surface area contributed by atoms with E-state index >= 15 is 0 Å². The second-order valence-corrected chi connectivity index (χ2v) is 9.00. The molecule has 3 rings (SSSR count). The smallest absolute Gasteiger partial charge is 0.366 e. The van der Waals surface area contributed by atoms with Crippen molar-refractivity contribution in [3.63, 3.8) is 0 Å². The lowest BCUT2D eigenvalue weighted by Crippen LogP contribution is -2.28. The third-order valence-electron chi connectivity index (χ3n) is 5.60. The van der Waals surface area contributed by atoms with Crippen molar-refractivity contribution in [1.82, 2.24) is 9.88 Å². The van der Waals surface area contributed by atoms with Gasteiger partial charge in [-0.15, -0.1) is 11.3 Å². The molecule has 1 amide bonds. The number of nitrogens with zero attached hydrogens (tertiary/aromatic N) is 2. The molecule has 4 nitrogen and oxygen atoms in total. The normalized spacial score (nSPS) is 20.2. The fourth-order valence-corrected chi connectivity index (χ4v) is 4.82. The molecule has 1 fully saturated rings. The van der Waals surface area contributed by atoms with Crippen molar-refractivity contribution in [2.45, 2.75) is 51.2 Å². The van der Waals surface area contributed by atoms with Crippen molar-refractivity contribution in [2.75, 3.05) is 13.6 Å². The van der Waals surface area contributed by atoms with E-state index < -0.39 is 17.6 Å². The minimum Gasteiger partial charge on any atom is -0.366 e. The van der Waals surface area contributed by atoms with Crippen LogP contribution in [0.4, 0.5) is 13.2 Å². The average Bonchev–Trinajstić information content (AvgIpc) is 3.05. The van der Waals surface area contributed by atoms with Crippen LogP contribution in [0.3, 0.4) is 0 Å². The summed E-state index contributed by atoms with van der Waals surface area (Å²) in [5.74, 6) is -0.198. The predicted molar refractivity (Wildman–Crippen MR) is 108 cm³/mol.